The van der Waals surface area contributed by atoms with E-state index < -0.39 is 28.3 Å². The average Bonchev–Trinajstić information content (AvgIpc) is 2.84. The van der Waals surface area contributed by atoms with Crippen LogP contribution in [-0.2, 0) is 19.6 Å². The minimum absolute atomic E-state index is 0.0787. The van der Waals surface area contributed by atoms with E-state index in [9.17, 15) is 22.4 Å². The lowest BCUT2D eigenvalue weighted by Gasteiger charge is -2.24. The van der Waals surface area contributed by atoms with Crippen LogP contribution >= 0.6 is 0 Å². The predicted molar refractivity (Wildman–Crippen MR) is 130 cm³/mol. The van der Waals surface area contributed by atoms with Crippen molar-refractivity contribution in [2.45, 2.75) is 11.8 Å². The van der Waals surface area contributed by atoms with Crippen molar-refractivity contribution in [2.24, 2.45) is 5.10 Å². The first kappa shape index (κ1) is 25.4. The van der Waals surface area contributed by atoms with Gasteiger partial charge in [0.2, 0.25) is 5.91 Å². The Hall–Kier alpha value is -4.25. The summed E-state index contributed by atoms with van der Waals surface area (Å²) in [6, 6.07) is 17.2. The normalized spacial score (nSPS) is 11.2. The number of benzene rings is 3. The molecular formula is C24H23FN4O5S. The van der Waals surface area contributed by atoms with Crippen LogP contribution in [0.1, 0.15) is 12.5 Å². The molecule has 0 spiro atoms. The van der Waals surface area contributed by atoms with Crippen LogP contribution in [0.15, 0.2) is 82.8 Å². The summed E-state index contributed by atoms with van der Waals surface area (Å²) in [4.78, 5) is 23.7. The topological polar surface area (TPSA) is 117 Å². The molecule has 0 atom stereocenters. The lowest BCUT2D eigenvalue weighted by Crippen LogP contribution is -2.39. The molecule has 3 aromatic rings. The highest BCUT2D eigenvalue weighted by molar-refractivity contribution is 7.92. The fraction of sp³-hybridized carbons (Fsp3) is 0.125. The number of hydrogen-bond donors (Lipinski definition) is 2. The fourth-order valence-electron chi connectivity index (χ4n) is 3.00. The highest BCUT2D eigenvalue weighted by Gasteiger charge is 2.27. The molecule has 0 aromatic heterocycles. The highest BCUT2D eigenvalue weighted by Crippen LogP contribution is 2.26. The number of sulfonamides is 1. The van der Waals surface area contributed by atoms with Gasteiger partial charge in [0.1, 0.15) is 18.1 Å². The van der Waals surface area contributed by atoms with Crippen molar-refractivity contribution in [3.63, 3.8) is 0 Å². The Labute approximate surface area is 202 Å². The van der Waals surface area contributed by atoms with E-state index in [0.29, 0.717) is 17.0 Å². The zero-order valence-corrected chi connectivity index (χ0v) is 19.8. The SMILES string of the molecule is COc1ccc(N(CC(=O)N/N=C\c2ccc(F)cc2)S(=O)(=O)c2ccc(NC(C)=O)cc2)cc1. The number of nitrogens with one attached hydrogen (secondary N) is 2. The molecule has 2 amide bonds. The van der Waals surface area contributed by atoms with Crippen LogP contribution in [0, 0.1) is 5.82 Å². The van der Waals surface area contributed by atoms with Crippen LogP contribution in [-0.4, -0.2) is 40.1 Å². The van der Waals surface area contributed by atoms with Gasteiger partial charge in [-0.15, -0.1) is 0 Å². The number of hydrogen-bond acceptors (Lipinski definition) is 6. The lowest BCUT2D eigenvalue weighted by atomic mass is 10.2. The molecule has 9 nitrogen and oxygen atoms in total. The molecular weight excluding hydrogens is 475 g/mol. The van der Waals surface area contributed by atoms with Crippen LogP contribution in [0.3, 0.4) is 0 Å². The van der Waals surface area contributed by atoms with E-state index in [1.165, 1.54) is 80.9 Å². The quantitative estimate of drug-likeness (QED) is 0.347. The van der Waals surface area contributed by atoms with Gasteiger partial charge < -0.3 is 10.1 Å². The van der Waals surface area contributed by atoms with Gasteiger partial charge in [0.15, 0.2) is 0 Å². The Balaban J connectivity index is 1.84. The van der Waals surface area contributed by atoms with Gasteiger partial charge in [-0.2, -0.15) is 5.10 Å². The van der Waals surface area contributed by atoms with Gasteiger partial charge in [-0.05, 0) is 66.2 Å². The van der Waals surface area contributed by atoms with Crippen LogP contribution in [0.2, 0.25) is 0 Å². The third kappa shape index (κ3) is 6.87. The summed E-state index contributed by atoms with van der Waals surface area (Å²) in [5.41, 5.74) is 3.49. The molecule has 0 saturated carbocycles. The van der Waals surface area contributed by atoms with Crippen molar-refractivity contribution in [2.75, 3.05) is 23.3 Å². The second kappa shape index (κ2) is 11.3. The molecule has 0 bridgehead atoms. The van der Waals surface area contributed by atoms with E-state index in [-0.39, 0.29) is 16.5 Å². The summed E-state index contributed by atoms with van der Waals surface area (Å²) >= 11 is 0. The van der Waals surface area contributed by atoms with Gasteiger partial charge in [0.25, 0.3) is 15.9 Å². The average molecular weight is 499 g/mol. The predicted octanol–water partition coefficient (Wildman–Crippen LogP) is 3.14. The summed E-state index contributed by atoms with van der Waals surface area (Å²) in [7, 11) is -2.69. The summed E-state index contributed by atoms with van der Waals surface area (Å²) in [6.45, 7) is 0.774. The Kier molecular flexibility index (Phi) is 8.16. The molecule has 3 rings (SSSR count). The number of carbonyl (C=O) groups is 2. The second-order valence-corrected chi connectivity index (χ2v) is 9.12. The Morgan fingerprint density at radius 3 is 2.20 bits per heavy atom. The van der Waals surface area contributed by atoms with Gasteiger partial charge in [-0.3, -0.25) is 13.9 Å². The molecule has 11 heteroatoms. The molecule has 3 aromatic carbocycles. The zero-order chi connectivity index (χ0) is 25.4. The molecule has 0 aliphatic heterocycles. The number of ether oxygens (including phenoxy) is 1. The number of rotatable bonds is 9. The monoisotopic (exact) mass is 498 g/mol. The third-order valence-corrected chi connectivity index (χ3v) is 6.47. The first-order chi connectivity index (χ1) is 16.7. The van der Waals surface area contributed by atoms with E-state index in [4.69, 9.17) is 4.74 Å². The highest BCUT2D eigenvalue weighted by atomic mass is 32.2. The minimum Gasteiger partial charge on any atom is -0.497 e. The minimum atomic E-state index is -4.17. The van der Waals surface area contributed by atoms with E-state index >= 15 is 0 Å². The molecule has 35 heavy (non-hydrogen) atoms. The van der Waals surface area contributed by atoms with Gasteiger partial charge in [-0.1, -0.05) is 12.1 Å². The Bertz CT molecular complexity index is 1310. The Morgan fingerprint density at radius 1 is 1.00 bits per heavy atom. The maximum atomic E-state index is 13.4. The first-order valence-electron chi connectivity index (χ1n) is 10.3. The van der Waals surface area contributed by atoms with E-state index in [1.54, 1.807) is 12.1 Å². The van der Waals surface area contributed by atoms with E-state index in [1.807, 2.05) is 0 Å². The van der Waals surface area contributed by atoms with Crippen LogP contribution in [0.4, 0.5) is 15.8 Å². The standard InChI is InChI=1S/C24H23FN4O5S/c1-17(30)27-20-7-13-23(14-8-20)35(32,33)29(21-9-11-22(34-2)12-10-21)16-24(31)28-26-15-18-3-5-19(25)6-4-18/h3-15H,16H2,1-2H3,(H,27,30)(H,28,31)/b26-15-. The maximum absolute atomic E-state index is 13.4. The summed E-state index contributed by atoms with van der Waals surface area (Å²) in [5, 5.41) is 6.38. The second-order valence-electron chi connectivity index (χ2n) is 7.26. The molecule has 0 radical (unpaired) electrons. The van der Waals surface area contributed by atoms with Gasteiger partial charge in [-0.25, -0.2) is 18.2 Å². The number of halogens is 1. The lowest BCUT2D eigenvalue weighted by molar-refractivity contribution is -0.119. The summed E-state index contributed by atoms with van der Waals surface area (Å²) in [6.07, 6.45) is 1.31. The van der Waals surface area contributed by atoms with Crippen molar-refractivity contribution < 1.29 is 27.1 Å². The molecule has 2 N–H and O–H groups in total. The van der Waals surface area contributed by atoms with Crippen LogP contribution in [0.25, 0.3) is 0 Å². The van der Waals surface area contributed by atoms with Crippen molar-refractivity contribution >= 4 is 39.4 Å². The van der Waals surface area contributed by atoms with Gasteiger partial charge in [0.05, 0.1) is 23.9 Å². The smallest absolute Gasteiger partial charge is 0.264 e. The summed E-state index contributed by atoms with van der Waals surface area (Å²) in [5.74, 6) is -0.883. The molecule has 182 valence electrons. The molecule has 0 fully saturated rings. The largest absolute Gasteiger partial charge is 0.497 e. The molecule has 0 unspecified atom stereocenters. The van der Waals surface area contributed by atoms with Crippen LogP contribution in [0.5, 0.6) is 5.75 Å². The molecule has 0 aliphatic carbocycles. The molecule has 0 saturated heterocycles. The number of amides is 2. The summed E-state index contributed by atoms with van der Waals surface area (Å²) < 4.78 is 45.9. The molecule has 0 aliphatic rings. The fourth-order valence-corrected chi connectivity index (χ4v) is 4.42. The number of carbonyl (C=O) groups excluding carboxylic acids is 2. The zero-order valence-electron chi connectivity index (χ0n) is 18.9. The first-order valence-corrected chi connectivity index (χ1v) is 11.7. The van der Waals surface area contributed by atoms with Crippen molar-refractivity contribution in [3.8, 4) is 5.75 Å². The number of methoxy groups -OCH3 is 1. The van der Waals surface area contributed by atoms with Gasteiger partial charge >= 0.3 is 0 Å². The third-order valence-electron chi connectivity index (χ3n) is 4.68. The Morgan fingerprint density at radius 2 is 1.63 bits per heavy atom. The van der Waals surface area contributed by atoms with Crippen molar-refractivity contribution in [1.29, 1.82) is 0 Å². The maximum Gasteiger partial charge on any atom is 0.264 e. The van der Waals surface area contributed by atoms with Crippen molar-refractivity contribution in [3.05, 3.63) is 84.2 Å². The number of anilines is 2. The van der Waals surface area contributed by atoms with E-state index in [2.05, 4.69) is 15.8 Å². The number of nitrogens with zero attached hydrogens (tertiary/aromatic N) is 2. The molecule has 0 heterocycles. The number of hydrazone groups is 1. The van der Waals surface area contributed by atoms with Crippen molar-refractivity contribution in [1.82, 2.24) is 5.43 Å². The van der Waals surface area contributed by atoms with Crippen LogP contribution < -0.4 is 19.8 Å². The van der Waals surface area contributed by atoms with E-state index in [0.717, 1.165) is 4.31 Å². The van der Waals surface area contributed by atoms with Gasteiger partial charge in [0, 0.05) is 12.6 Å².